The van der Waals surface area contributed by atoms with E-state index in [0.717, 1.165) is 24.0 Å². The summed E-state index contributed by atoms with van der Waals surface area (Å²) in [6.07, 6.45) is 1.63. The molecule has 1 aromatic carbocycles. The summed E-state index contributed by atoms with van der Waals surface area (Å²) < 4.78 is 4.90. The van der Waals surface area contributed by atoms with Crippen molar-refractivity contribution in [2.75, 3.05) is 7.11 Å². The third-order valence-corrected chi connectivity index (χ3v) is 3.97. The molecule has 1 unspecified atom stereocenters. The zero-order valence-corrected chi connectivity index (χ0v) is 14.0. The molecule has 1 atom stereocenters. The molecule has 1 heterocycles. The van der Waals surface area contributed by atoms with Crippen molar-refractivity contribution in [1.82, 2.24) is 0 Å². The second-order valence-corrected chi connectivity index (χ2v) is 5.64. The van der Waals surface area contributed by atoms with Gasteiger partial charge < -0.3 is 4.74 Å². The lowest BCUT2D eigenvalue weighted by Gasteiger charge is -2.25. The van der Waals surface area contributed by atoms with Crippen molar-refractivity contribution < 1.29 is 14.3 Å². The average Bonchev–Trinajstić information content (AvgIpc) is 2.54. The minimum absolute atomic E-state index is 0.262. The van der Waals surface area contributed by atoms with Crippen LogP contribution in [0.15, 0.2) is 40.4 Å². The number of hydrogen-bond acceptors (Lipinski definition) is 4. The van der Waals surface area contributed by atoms with Crippen LogP contribution in [0.2, 0.25) is 0 Å². The lowest BCUT2D eigenvalue weighted by Crippen LogP contribution is -2.25. The van der Waals surface area contributed by atoms with Crippen molar-refractivity contribution >= 4 is 23.2 Å². The first-order valence-electron chi connectivity index (χ1n) is 7.73. The van der Waals surface area contributed by atoms with E-state index in [0.29, 0.717) is 22.4 Å². The molecule has 0 saturated carbocycles. The second-order valence-electron chi connectivity index (χ2n) is 5.64. The molecule has 0 spiro atoms. The second kappa shape index (κ2) is 7.21. The average molecular weight is 311 g/mol. The van der Waals surface area contributed by atoms with Crippen LogP contribution in [-0.4, -0.2) is 30.8 Å². The maximum absolute atomic E-state index is 12.2. The van der Waals surface area contributed by atoms with E-state index in [4.69, 9.17) is 4.74 Å². The van der Waals surface area contributed by atoms with Crippen LogP contribution in [0.25, 0.3) is 5.57 Å². The van der Waals surface area contributed by atoms with Crippen LogP contribution in [0, 0.1) is 6.92 Å². The van der Waals surface area contributed by atoms with E-state index in [1.54, 1.807) is 6.92 Å². The smallest absolute Gasteiger partial charge is 0.340 e. The zero-order valence-electron chi connectivity index (χ0n) is 14.0. The van der Waals surface area contributed by atoms with Gasteiger partial charge in [-0.15, -0.1) is 0 Å². The van der Waals surface area contributed by atoms with E-state index >= 15 is 0 Å². The van der Waals surface area contributed by atoms with Gasteiger partial charge in [0.25, 0.3) is 0 Å². The number of carbonyl (C=O) groups is 1. The van der Waals surface area contributed by atoms with Gasteiger partial charge in [0.1, 0.15) is 5.94 Å². The Kier molecular flexibility index (Phi) is 5.30. The molecule has 0 saturated heterocycles. The molecule has 0 radical (unpaired) electrons. The normalized spacial score (nSPS) is 17.7. The minimum atomic E-state index is -0.482. The molecule has 4 nitrogen and oxygen atoms in total. The van der Waals surface area contributed by atoms with E-state index < -0.39 is 5.97 Å². The standard InChI is InChI=1S/C19H21NO3/c1-5-6-16-15(11-21)18(14-9-7-12(2)8-10-14)17(13(3)20-16)19(22)23-4/h7-10,16H,5-6H2,1-4H3. The van der Waals surface area contributed by atoms with E-state index in [2.05, 4.69) is 4.99 Å². The summed E-state index contributed by atoms with van der Waals surface area (Å²) >= 11 is 0. The molecule has 1 aliphatic rings. The highest BCUT2D eigenvalue weighted by molar-refractivity contribution is 6.27. The highest BCUT2D eigenvalue weighted by Crippen LogP contribution is 2.35. The van der Waals surface area contributed by atoms with E-state index in [9.17, 15) is 9.59 Å². The maximum atomic E-state index is 12.2. The van der Waals surface area contributed by atoms with E-state index in [1.807, 2.05) is 44.1 Å². The van der Waals surface area contributed by atoms with Gasteiger partial charge in [0, 0.05) is 11.3 Å². The first-order valence-corrected chi connectivity index (χ1v) is 7.73. The summed E-state index contributed by atoms with van der Waals surface area (Å²) in [5.74, 6) is 1.54. The van der Waals surface area contributed by atoms with Gasteiger partial charge in [-0.25, -0.2) is 9.59 Å². The molecule has 0 bridgehead atoms. The lowest BCUT2D eigenvalue weighted by atomic mass is 9.84. The molecule has 0 amide bonds. The molecule has 2 rings (SSSR count). The van der Waals surface area contributed by atoms with Crippen LogP contribution in [0.4, 0.5) is 0 Å². The number of carbonyl (C=O) groups excluding carboxylic acids is 2. The van der Waals surface area contributed by atoms with Crippen LogP contribution < -0.4 is 0 Å². The number of ether oxygens (including phenoxy) is 1. The molecule has 0 aliphatic carbocycles. The molecule has 1 aliphatic heterocycles. The first-order chi connectivity index (χ1) is 11.0. The summed E-state index contributed by atoms with van der Waals surface area (Å²) in [6, 6.07) is 7.46. The van der Waals surface area contributed by atoms with Crippen LogP contribution >= 0.6 is 0 Å². The van der Waals surface area contributed by atoms with Crippen molar-refractivity contribution in [2.45, 2.75) is 39.7 Å². The Morgan fingerprint density at radius 1 is 1.26 bits per heavy atom. The van der Waals surface area contributed by atoms with Gasteiger partial charge in [0.2, 0.25) is 0 Å². The van der Waals surface area contributed by atoms with Gasteiger partial charge in [-0.2, -0.15) is 0 Å². The van der Waals surface area contributed by atoms with Crippen LogP contribution in [0.5, 0.6) is 0 Å². The summed E-state index contributed by atoms with van der Waals surface area (Å²) in [7, 11) is 1.33. The number of dihydropyridines is 1. The van der Waals surface area contributed by atoms with Crippen LogP contribution in [-0.2, 0) is 14.3 Å². The Morgan fingerprint density at radius 3 is 2.43 bits per heavy atom. The van der Waals surface area contributed by atoms with Gasteiger partial charge in [0.15, 0.2) is 0 Å². The molecule has 120 valence electrons. The molecule has 0 fully saturated rings. The SMILES string of the molecule is CCCC1N=C(C)C(C(=O)OC)=C(c2ccc(C)cc2)C1=C=O. The molecule has 1 aromatic rings. The van der Waals surface area contributed by atoms with Gasteiger partial charge in [0.05, 0.1) is 24.3 Å². The van der Waals surface area contributed by atoms with E-state index in [-0.39, 0.29) is 6.04 Å². The summed E-state index contributed by atoms with van der Waals surface area (Å²) in [4.78, 5) is 28.4. The highest BCUT2D eigenvalue weighted by Gasteiger charge is 2.32. The molecule has 23 heavy (non-hydrogen) atoms. The molecular weight excluding hydrogens is 290 g/mol. The first kappa shape index (κ1) is 16.9. The number of rotatable bonds is 4. The Hall–Kier alpha value is -2.45. The van der Waals surface area contributed by atoms with Crippen LogP contribution in [0.3, 0.4) is 0 Å². The Balaban J connectivity index is 2.72. The molecule has 0 N–H and O–H groups in total. The number of benzene rings is 1. The Labute approximate surface area is 136 Å². The minimum Gasteiger partial charge on any atom is -0.465 e. The number of methoxy groups -OCH3 is 1. The summed E-state index contributed by atoms with van der Waals surface area (Å²) in [5, 5.41) is 0. The van der Waals surface area contributed by atoms with Crippen molar-refractivity contribution in [3.05, 3.63) is 46.5 Å². The monoisotopic (exact) mass is 311 g/mol. The van der Waals surface area contributed by atoms with Gasteiger partial charge in [-0.05, 0) is 25.8 Å². The third kappa shape index (κ3) is 3.33. The Bertz CT molecular complexity index is 719. The van der Waals surface area contributed by atoms with Crippen molar-refractivity contribution in [1.29, 1.82) is 0 Å². The van der Waals surface area contributed by atoms with Gasteiger partial charge >= 0.3 is 5.97 Å². The number of nitrogens with zero attached hydrogens (tertiary/aromatic N) is 1. The predicted octanol–water partition coefficient (Wildman–Crippen LogP) is 3.32. The fourth-order valence-electron chi connectivity index (χ4n) is 2.82. The molecular formula is C19H21NO3. The number of hydrogen-bond donors (Lipinski definition) is 0. The summed E-state index contributed by atoms with van der Waals surface area (Å²) in [6.45, 7) is 5.81. The molecule has 0 aromatic heterocycles. The number of aryl methyl sites for hydroxylation is 1. The quantitative estimate of drug-likeness (QED) is 0.633. The summed E-state index contributed by atoms with van der Waals surface area (Å²) in [5.41, 5.74) is 3.90. The lowest BCUT2D eigenvalue weighted by molar-refractivity contribution is -0.135. The number of aliphatic imine (C=N–C) groups is 1. The van der Waals surface area contributed by atoms with E-state index in [1.165, 1.54) is 7.11 Å². The fourth-order valence-corrected chi connectivity index (χ4v) is 2.82. The van der Waals surface area contributed by atoms with Crippen molar-refractivity contribution in [3.8, 4) is 0 Å². The largest absolute Gasteiger partial charge is 0.465 e. The van der Waals surface area contributed by atoms with Gasteiger partial charge in [-0.1, -0.05) is 43.2 Å². The zero-order chi connectivity index (χ0) is 17.0. The fraction of sp³-hybridized carbons (Fsp3) is 0.368. The Morgan fingerprint density at radius 2 is 1.91 bits per heavy atom. The maximum Gasteiger partial charge on any atom is 0.340 e. The van der Waals surface area contributed by atoms with Crippen LogP contribution in [0.1, 0.15) is 37.8 Å². The van der Waals surface area contributed by atoms with Crippen molar-refractivity contribution in [2.24, 2.45) is 4.99 Å². The molecule has 4 heteroatoms. The number of esters is 1. The van der Waals surface area contributed by atoms with Gasteiger partial charge in [-0.3, -0.25) is 4.99 Å². The highest BCUT2D eigenvalue weighted by atomic mass is 16.5. The topological polar surface area (TPSA) is 55.7 Å². The predicted molar refractivity (Wildman–Crippen MR) is 91.1 cm³/mol. The van der Waals surface area contributed by atoms with Crippen molar-refractivity contribution in [3.63, 3.8) is 0 Å². The third-order valence-electron chi connectivity index (χ3n) is 3.97.